The largest absolute Gasteiger partial charge is 0.507 e. The molecule has 4 rings (SSSR count). The number of ether oxygens (including phenoxy) is 1. The van der Waals surface area contributed by atoms with Crippen molar-refractivity contribution in [2.75, 3.05) is 0 Å². The number of hydrogen-bond donors (Lipinski definition) is 1. The van der Waals surface area contributed by atoms with Crippen molar-refractivity contribution in [3.8, 4) is 11.5 Å². The number of esters is 1. The van der Waals surface area contributed by atoms with E-state index in [1.54, 1.807) is 38.1 Å². The van der Waals surface area contributed by atoms with E-state index in [4.69, 9.17) is 4.74 Å². The van der Waals surface area contributed by atoms with Crippen LogP contribution in [0.15, 0.2) is 77.5 Å². The minimum absolute atomic E-state index is 0.231. The van der Waals surface area contributed by atoms with Crippen LogP contribution in [0.25, 0.3) is 10.8 Å². The van der Waals surface area contributed by atoms with Crippen molar-refractivity contribution < 1.29 is 14.6 Å². The maximum atomic E-state index is 12.8. The monoisotopic (exact) mass is 398 g/mol. The second kappa shape index (κ2) is 8.08. The number of aromatic hydroxyl groups is 1. The van der Waals surface area contributed by atoms with Gasteiger partial charge in [-0.2, -0.15) is 5.11 Å². The molecule has 0 saturated heterocycles. The van der Waals surface area contributed by atoms with Gasteiger partial charge in [-0.25, -0.2) is 14.8 Å². The first-order chi connectivity index (χ1) is 14.5. The summed E-state index contributed by atoms with van der Waals surface area (Å²) in [5.74, 6) is -0.111. The van der Waals surface area contributed by atoms with Crippen LogP contribution in [0.1, 0.15) is 21.5 Å². The number of rotatable bonds is 4. The van der Waals surface area contributed by atoms with Crippen molar-refractivity contribution in [2.45, 2.75) is 13.8 Å². The standard InChI is InChI=1S/C23H18N4O3/c1-14-7-18(8-15(2)22(14)28)26-27-21-10-17-6-4-3-5-16(17)9-20(21)23(29)30-19-11-24-13-25-12-19/h3-13,28H,1-2H3. The van der Waals surface area contributed by atoms with Crippen molar-refractivity contribution in [2.24, 2.45) is 10.2 Å². The van der Waals surface area contributed by atoms with Crippen molar-refractivity contribution in [1.82, 2.24) is 9.97 Å². The number of hydrogen-bond acceptors (Lipinski definition) is 7. The normalized spacial score (nSPS) is 11.1. The van der Waals surface area contributed by atoms with Crippen LogP contribution in [0.5, 0.6) is 11.5 Å². The summed E-state index contributed by atoms with van der Waals surface area (Å²) < 4.78 is 5.40. The van der Waals surface area contributed by atoms with E-state index in [1.807, 2.05) is 24.3 Å². The molecule has 0 radical (unpaired) electrons. The molecule has 0 aliphatic carbocycles. The zero-order valence-corrected chi connectivity index (χ0v) is 16.4. The molecule has 1 N–H and O–H groups in total. The Kier molecular flexibility index (Phi) is 5.17. The minimum atomic E-state index is -0.581. The van der Waals surface area contributed by atoms with Crippen LogP contribution < -0.4 is 4.74 Å². The third-order valence-electron chi connectivity index (χ3n) is 4.58. The van der Waals surface area contributed by atoms with Crippen molar-refractivity contribution in [1.29, 1.82) is 0 Å². The number of aryl methyl sites for hydroxylation is 2. The Morgan fingerprint density at radius 1 is 0.933 bits per heavy atom. The lowest BCUT2D eigenvalue weighted by atomic mass is 10.1. The maximum absolute atomic E-state index is 12.8. The predicted octanol–water partition coefficient (Wildman–Crippen LogP) is 5.59. The molecule has 30 heavy (non-hydrogen) atoms. The van der Waals surface area contributed by atoms with Crippen molar-refractivity contribution >= 4 is 28.1 Å². The molecule has 0 spiro atoms. The van der Waals surface area contributed by atoms with Crippen molar-refractivity contribution in [3.05, 3.63) is 83.9 Å². The number of benzene rings is 3. The number of carbonyl (C=O) groups excluding carboxylic acids is 1. The number of nitrogens with zero attached hydrogens (tertiary/aromatic N) is 4. The van der Waals surface area contributed by atoms with E-state index < -0.39 is 5.97 Å². The zero-order valence-electron chi connectivity index (χ0n) is 16.4. The second-order valence-corrected chi connectivity index (χ2v) is 6.81. The van der Waals surface area contributed by atoms with Crippen LogP contribution in [0, 0.1) is 13.8 Å². The van der Waals surface area contributed by atoms with Gasteiger partial charge >= 0.3 is 5.97 Å². The average molecular weight is 398 g/mol. The third-order valence-corrected chi connectivity index (χ3v) is 4.58. The van der Waals surface area contributed by atoms with Gasteiger partial charge in [-0.15, -0.1) is 5.11 Å². The number of phenols is 1. The van der Waals surface area contributed by atoms with Gasteiger partial charge in [0, 0.05) is 0 Å². The summed E-state index contributed by atoms with van der Waals surface area (Å²) in [5, 5.41) is 20.3. The number of azo groups is 1. The van der Waals surface area contributed by atoms with E-state index in [0.29, 0.717) is 22.5 Å². The fourth-order valence-electron chi connectivity index (χ4n) is 3.08. The topological polar surface area (TPSA) is 97.0 Å². The highest BCUT2D eigenvalue weighted by Crippen LogP contribution is 2.31. The van der Waals surface area contributed by atoms with E-state index >= 15 is 0 Å². The Hall–Kier alpha value is -4.13. The first-order valence-electron chi connectivity index (χ1n) is 9.23. The minimum Gasteiger partial charge on any atom is -0.507 e. The molecule has 0 saturated carbocycles. The smallest absolute Gasteiger partial charge is 0.345 e. The van der Waals surface area contributed by atoms with Gasteiger partial charge in [0.1, 0.15) is 17.8 Å². The molecule has 0 aliphatic heterocycles. The number of carbonyl (C=O) groups is 1. The van der Waals surface area contributed by atoms with Crippen LogP contribution in [-0.2, 0) is 0 Å². The molecule has 0 bridgehead atoms. The van der Waals surface area contributed by atoms with Gasteiger partial charge in [-0.1, -0.05) is 24.3 Å². The summed E-state index contributed by atoms with van der Waals surface area (Å²) in [6.07, 6.45) is 4.18. The Balaban J connectivity index is 1.75. The molecule has 1 heterocycles. The van der Waals surface area contributed by atoms with Gasteiger partial charge in [-0.05, 0) is 60.0 Å². The third kappa shape index (κ3) is 4.00. The Morgan fingerprint density at radius 3 is 2.23 bits per heavy atom. The molecule has 0 unspecified atom stereocenters. The van der Waals surface area contributed by atoms with Gasteiger partial charge in [0.15, 0.2) is 5.75 Å². The van der Waals surface area contributed by atoms with Crippen molar-refractivity contribution in [3.63, 3.8) is 0 Å². The molecule has 7 nitrogen and oxygen atoms in total. The number of phenolic OH excluding ortho intramolecular Hbond substituents is 1. The SMILES string of the molecule is Cc1cc(N=Nc2cc3ccccc3cc2C(=O)Oc2cncnc2)cc(C)c1O. The second-order valence-electron chi connectivity index (χ2n) is 6.81. The molecule has 7 heteroatoms. The fourth-order valence-corrected chi connectivity index (χ4v) is 3.08. The predicted molar refractivity (Wildman–Crippen MR) is 113 cm³/mol. The lowest BCUT2D eigenvalue weighted by Crippen LogP contribution is -2.09. The first-order valence-corrected chi connectivity index (χ1v) is 9.23. The van der Waals surface area contributed by atoms with Gasteiger partial charge in [0.05, 0.1) is 23.6 Å². The average Bonchev–Trinajstić information content (AvgIpc) is 2.76. The van der Waals surface area contributed by atoms with Crippen LogP contribution >= 0.6 is 0 Å². The molecule has 3 aromatic carbocycles. The molecular formula is C23H18N4O3. The van der Waals surface area contributed by atoms with Crippen LogP contribution in [0.2, 0.25) is 0 Å². The van der Waals surface area contributed by atoms with Gasteiger partial charge in [-0.3, -0.25) is 0 Å². The summed E-state index contributed by atoms with van der Waals surface area (Å²) in [6.45, 7) is 3.59. The summed E-state index contributed by atoms with van der Waals surface area (Å²) in [5.41, 5.74) is 2.62. The van der Waals surface area contributed by atoms with Crippen LogP contribution in [-0.4, -0.2) is 21.0 Å². The molecule has 1 aromatic heterocycles. The van der Waals surface area contributed by atoms with E-state index in [2.05, 4.69) is 20.2 Å². The maximum Gasteiger partial charge on any atom is 0.345 e. The van der Waals surface area contributed by atoms with Crippen LogP contribution in [0.4, 0.5) is 11.4 Å². The first kappa shape index (κ1) is 19.2. The highest BCUT2D eigenvalue weighted by molar-refractivity contribution is 6.01. The van der Waals surface area contributed by atoms with E-state index in [-0.39, 0.29) is 17.1 Å². The molecule has 0 amide bonds. The molecule has 4 aromatic rings. The quantitative estimate of drug-likeness (QED) is 0.357. The summed E-state index contributed by atoms with van der Waals surface area (Å²) in [7, 11) is 0. The highest BCUT2D eigenvalue weighted by Gasteiger charge is 2.16. The van der Waals surface area contributed by atoms with E-state index in [0.717, 1.165) is 10.8 Å². The Labute approximate surface area is 172 Å². The lowest BCUT2D eigenvalue weighted by molar-refractivity contribution is 0.0734. The molecule has 148 valence electrons. The summed E-state index contributed by atoms with van der Waals surface area (Å²) >= 11 is 0. The Bertz CT molecular complexity index is 1250. The van der Waals surface area contributed by atoms with Gasteiger partial charge in [0.25, 0.3) is 0 Å². The Morgan fingerprint density at radius 2 is 1.57 bits per heavy atom. The molecule has 0 atom stereocenters. The zero-order chi connectivity index (χ0) is 21.1. The lowest BCUT2D eigenvalue weighted by Gasteiger charge is -2.08. The molecule has 0 aliphatic rings. The van der Waals surface area contributed by atoms with E-state index in [1.165, 1.54) is 18.7 Å². The number of aromatic nitrogens is 2. The van der Waals surface area contributed by atoms with Gasteiger partial charge < -0.3 is 9.84 Å². The van der Waals surface area contributed by atoms with E-state index in [9.17, 15) is 9.90 Å². The molecule has 0 fully saturated rings. The highest BCUT2D eigenvalue weighted by atomic mass is 16.5. The summed E-state index contributed by atoms with van der Waals surface area (Å²) in [4.78, 5) is 20.5. The van der Waals surface area contributed by atoms with Crippen LogP contribution in [0.3, 0.4) is 0 Å². The molecular weight excluding hydrogens is 380 g/mol. The van der Waals surface area contributed by atoms with Gasteiger partial charge in [0.2, 0.25) is 0 Å². The number of fused-ring (bicyclic) bond motifs is 1. The summed E-state index contributed by atoms with van der Waals surface area (Å²) in [6, 6.07) is 14.6. The fraction of sp³-hybridized carbons (Fsp3) is 0.0870.